The molecule has 0 bridgehead atoms. The fourth-order valence-corrected chi connectivity index (χ4v) is 2.74. The van der Waals surface area contributed by atoms with Crippen molar-refractivity contribution in [3.05, 3.63) is 11.4 Å². The summed E-state index contributed by atoms with van der Waals surface area (Å²) in [5.41, 5.74) is 2.47. The van der Waals surface area contributed by atoms with E-state index >= 15 is 0 Å². The van der Waals surface area contributed by atoms with Crippen molar-refractivity contribution in [1.29, 1.82) is 0 Å². The third kappa shape index (κ3) is 1.91. The number of aromatic nitrogens is 2. The molecular weight excluding hydrogens is 203 g/mol. The van der Waals surface area contributed by atoms with Gasteiger partial charge in [0.1, 0.15) is 0 Å². The van der Waals surface area contributed by atoms with E-state index in [2.05, 4.69) is 35.7 Å². The van der Waals surface area contributed by atoms with E-state index < -0.39 is 0 Å². The van der Waals surface area contributed by atoms with E-state index in [1.807, 2.05) is 0 Å². The van der Waals surface area contributed by atoms with Crippen LogP contribution in [0.25, 0.3) is 0 Å². The van der Waals surface area contributed by atoms with Gasteiger partial charge < -0.3 is 0 Å². The maximum atomic E-state index is 4.41. The molecule has 1 aromatic rings. The maximum absolute atomic E-state index is 4.41. The third-order valence-electron chi connectivity index (χ3n) is 1.63. The van der Waals surface area contributed by atoms with Crippen LogP contribution in [0.2, 0.25) is 0 Å². The summed E-state index contributed by atoms with van der Waals surface area (Å²) in [6, 6.07) is 0. The van der Waals surface area contributed by atoms with Gasteiger partial charge in [-0.1, -0.05) is 0 Å². The molecule has 0 atom stereocenters. The van der Waals surface area contributed by atoms with Crippen LogP contribution in [0, 0.1) is 0 Å². The van der Waals surface area contributed by atoms with Crippen molar-refractivity contribution in [3.8, 4) is 0 Å². The summed E-state index contributed by atoms with van der Waals surface area (Å²) in [6.07, 6.45) is 0. The number of rotatable bonds is 2. The third-order valence-corrected chi connectivity index (χ3v) is 2.80. The Morgan fingerprint density at radius 2 is 1.27 bits per heavy atom. The average molecular weight is 217 g/mol. The van der Waals surface area contributed by atoms with Crippen LogP contribution in [0.5, 0.6) is 0 Å². The quantitative estimate of drug-likeness (QED) is 0.705. The van der Waals surface area contributed by atoms with Crippen LogP contribution >= 0.6 is 0 Å². The van der Waals surface area contributed by atoms with Crippen LogP contribution in [-0.2, 0) is 0 Å². The van der Waals surface area contributed by atoms with E-state index in [9.17, 15) is 0 Å². The molecule has 2 nitrogen and oxygen atoms in total. The summed E-state index contributed by atoms with van der Waals surface area (Å²) in [5, 5.41) is 0. The van der Waals surface area contributed by atoms with Crippen LogP contribution in [0.1, 0.15) is 50.9 Å². The van der Waals surface area contributed by atoms with E-state index in [1.54, 1.807) is 0 Å². The number of nitrogens with zero attached hydrogens (tertiary/aromatic N) is 2. The molecule has 0 saturated heterocycles. The molecular formula is C8H14N2Se. The second-order valence-electron chi connectivity index (χ2n) is 3.34. The van der Waals surface area contributed by atoms with Crippen LogP contribution < -0.4 is 0 Å². The zero-order chi connectivity index (χ0) is 8.43. The number of hydrogen-bond donors (Lipinski definition) is 0. The fourth-order valence-electron chi connectivity index (χ4n) is 1.00. The second kappa shape index (κ2) is 3.50. The molecule has 0 spiro atoms. The van der Waals surface area contributed by atoms with Crippen molar-refractivity contribution in [3.63, 3.8) is 0 Å². The van der Waals surface area contributed by atoms with Gasteiger partial charge in [0.2, 0.25) is 0 Å². The van der Waals surface area contributed by atoms with Gasteiger partial charge in [-0.2, -0.15) is 0 Å². The van der Waals surface area contributed by atoms with Crippen LogP contribution in [-0.4, -0.2) is 22.9 Å². The van der Waals surface area contributed by atoms with Crippen LogP contribution in [0.15, 0.2) is 0 Å². The van der Waals surface area contributed by atoms with Gasteiger partial charge in [0.05, 0.1) is 0 Å². The van der Waals surface area contributed by atoms with Gasteiger partial charge in [-0.3, -0.25) is 0 Å². The van der Waals surface area contributed by atoms with Crippen molar-refractivity contribution >= 4 is 15.0 Å². The molecule has 1 heterocycles. The molecule has 1 rings (SSSR count). The van der Waals surface area contributed by atoms with Crippen molar-refractivity contribution in [1.82, 2.24) is 7.96 Å². The molecule has 3 heteroatoms. The first-order valence-electron chi connectivity index (χ1n) is 3.95. The van der Waals surface area contributed by atoms with E-state index in [0.29, 0.717) is 11.8 Å². The summed E-state index contributed by atoms with van der Waals surface area (Å²) in [7, 11) is 0. The number of hydrogen-bond acceptors (Lipinski definition) is 2. The van der Waals surface area contributed by atoms with E-state index in [0.717, 1.165) is 0 Å². The Bertz CT molecular complexity index is 205. The van der Waals surface area contributed by atoms with Crippen molar-refractivity contribution in [2.45, 2.75) is 39.5 Å². The molecule has 0 N–H and O–H groups in total. The molecule has 0 aliphatic carbocycles. The van der Waals surface area contributed by atoms with Crippen molar-refractivity contribution in [2.24, 2.45) is 0 Å². The van der Waals surface area contributed by atoms with Gasteiger partial charge in [-0.05, 0) is 0 Å². The topological polar surface area (TPSA) is 25.8 Å². The summed E-state index contributed by atoms with van der Waals surface area (Å²) in [6.45, 7) is 8.71. The molecule has 0 amide bonds. The van der Waals surface area contributed by atoms with Gasteiger partial charge in [0.25, 0.3) is 0 Å². The second-order valence-corrected chi connectivity index (χ2v) is 4.45. The van der Waals surface area contributed by atoms with Gasteiger partial charge in [0.15, 0.2) is 0 Å². The SMILES string of the molecule is CC(C)c1n[se]nc1C(C)C. The minimum absolute atomic E-state index is 0.152. The fraction of sp³-hybridized carbons (Fsp3) is 0.750. The molecule has 0 fully saturated rings. The zero-order valence-corrected chi connectivity index (χ0v) is 9.17. The van der Waals surface area contributed by atoms with Gasteiger partial charge in [0, 0.05) is 0 Å². The first kappa shape index (κ1) is 8.95. The predicted molar refractivity (Wildman–Crippen MR) is 47.2 cm³/mol. The van der Waals surface area contributed by atoms with Gasteiger partial charge in [-0.15, -0.1) is 0 Å². The minimum atomic E-state index is 0.152. The van der Waals surface area contributed by atoms with E-state index in [-0.39, 0.29) is 15.0 Å². The monoisotopic (exact) mass is 218 g/mol. The van der Waals surface area contributed by atoms with Gasteiger partial charge >= 0.3 is 73.8 Å². The molecule has 62 valence electrons. The van der Waals surface area contributed by atoms with Crippen molar-refractivity contribution in [2.75, 3.05) is 0 Å². The molecule has 1 aromatic heterocycles. The van der Waals surface area contributed by atoms with E-state index in [4.69, 9.17) is 0 Å². The summed E-state index contributed by atoms with van der Waals surface area (Å²) in [5.74, 6) is 1.08. The molecule has 0 aliphatic heterocycles. The first-order valence-corrected chi connectivity index (χ1v) is 5.48. The summed E-state index contributed by atoms with van der Waals surface area (Å²) in [4.78, 5) is 0. The Labute approximate surface area is 74.3 Å². The molecule has 0 radical (unpaired) electrons. The standard InChI is InChI=1S/C8H14N2Se/c1-5(2)7-8(6(3)4)10-11-9-7/h5-6H,1-4H3. The van der Waals surface area contributed by atoms with Gasteiger partial charge in [-0.25, -0.2) is 0 Å². The average Bonchev–Trinajstić information content (AvgIpc) is 2.32. The Hall–Kier alpha value is -0.141. The molecule has 0 aromatic carbocycles. The Balaban J connectivity index is 2.96. The Morgan fingerprint density at radius 3 is 1.55 bits per heavy atom. The summed E-state index contributed by atoms with van der Waals surface area (Å²) < 4.78 is 8.83. The first-order chi connectivity index (χ1) is 5.13. The summed E-state index contributed by atoms with van der Waals surface area (Å²) >= 11 is 0.152. The van der Waals surface area contributed by atoms with Crippen LogP contribution in [0.4, 0.5) is 0 Å². The van der Waals surface area contributed by atoms with Crippen molar-refractivity contribution < 1.29 is 0 Å². The normalized spacial score (nSPS) is 11.5. The molecule has 0 saturated carbocycles. The molecule has 0 aliphatic rings. The molecule has 0 unspecified atom stereocenters. The zero-order valence-electron chi connectivity index (χ0n) is 7.46. The Morgan fingerprint density at radius 1 is 0.909 bits per heavy atom. The van der Waals surface area contributed by atoms with E-state index in [1.165, 1.54) is 11.4 Å². The van der Waals surface area contributed by atoms with Crippen LogP contribution in [0.3, 0.4) is 0 Å². The molecule has 11 heavy (non-hydrogen) atoms. The Kier molecular flexibility index (Phi) is 2.85. The predicted octanol–water partition coefficient (Wildman–Crippen LogP) is 1.78.